The summed E-state index contributed by atoms with van der Waals surface area (Å²) in [6.45, 7) is 4.08. The molecule has 6 nitrogen and oxygen atoms in total. The molecule has 0 spiro atoms. The van der Waals surface area contributed by atoms with Gasteiger partial charge in [0.05, 0.1) is 11.1 Å². The Kier molecular flexibility index (Phi) is 6.57. The number of hydrogen-bond donors (Lipinski definition) is 2. The lowest BCUT2D eigenvalue weighted by molar-refractivity contribution is -0.157. The van der Waals surface area contributed by atoms with Crippen LogP contribution < -0.4 is 0 Å². The maximum atomic E-state index is 12.4. The molecular weight excluding hydrogens is 360 g/mol. The molecule has 0 fully saturated rings. The van der Waals surface area contributed by atoms with Crippen molar-refractivity contribution >= 4 is 11.9 Å². The van der Waals surface area contributed by atoms with Crippen molar-refractivity contribution in [3.63, 3.8) is 0 Å². The number of benzene rings is 2. The Morgan fingerprint density at radius 3 is 1.54 bits per heavy atom. The van der Waals surface area contributed by atoms with Crippen molar-refractivity contribution in [1.82, 2.24) is 0 Å². The summed E-state index contributed by atoms with van der Waals surface area (Å²) in [5.41, 5.74) is -3.03. The van der Waals surface area contributed by atoms with Crippen LogP contribution in [0, 0.1) is 11.8 Å². The fourth-order valence-electron chi connectivity index (χ4n) is 2.07. The molecule has 28 heavy (non-hydrogen) atoms. The topological polar surface area (TPSA) is 93.1 Å². The summed E-state index contributed by atoms with van der Waals surface area (Å²) >= 11 is 0. The van der Waals surface area contributed by atoms with Gasteiger partial charge in [0.2, 0.25) is 0 Å². The molecule has 0 bridgehead atoms. The van der Waals surface area contributed by atoms with Gasteiger partial charge in [-0.15, -0.1) is 0 Å². The average Bonchev–Trinajstić information content (AvgIpc) is 2.66. The molecule has 2 N–H and O–H groups in total. The quantitative estimate of drug-likeness (QED) is 0.469. The highest BCUT2D eigenvalue weighted by Gasteiger charge is 2.38. The zero-order valence-corrected chi connectivity index (χ0v) is 15.9. The van der Waals surface area contributed by atoms with E-state index in [4.69, 9.17) is 9.47 Å². The number of esters is 2. The van der Waals surface area contributed by atoms with Gasteiger partial charge in [-0.3, -0.25) is 0 Å². The number of carbonyl (C=O) groups excluding carboxylic acids is 2. The molecule has 0 aliphatic heterocycles. The molecule has 0 aromatic heterocycles. The molecule has 2 aromatic carbocycles. The Morgan fingerprint density at radius 1 is 0.786 bits per heavy atom. The first-order chi connectivity index (χ1) is 13.1. The highest BCUT2D eigenvalue weighted by molar-refractivity contribution is 5.91. The number of rotatable bonds is 5. The van der Waals surface area contributed by atoms with Gasteiger partial charge in [-0.05, 0) is 45.0 Å². The predicted molar refractivity (Wildman–Crippen MR) is 102 cm³/mol. The third kappa shape index (κ3) is 6.23. The fourth-order valence-corrected chi connectivity index (χ4v) is 2.07. The van der Waals surface area contributed by atoms with Gasteiger partial charge in [-0.25, -0.2) is 9.59 Å². The molecule has 6 heteroatoms. The highest BCUT2D eigenvalue weighted by atomic mass is 16.7. The summed E-state index contributed by atoms with van der Waals surface area (Å²) in [7, 11) is 0. The minimum absolute atomic E-state index is 0.217. The zero-order chi connectivity index (χ0) is 20.8. The second-order valence-electron chi connectivity index (χ2n) is 6.83. The van der Waals surface area contributed by atoms with Gasteiger partial charge in [0.15, 0.2) is 5.60 Å². The van der Waals surface area contributed by atoms with Gasteiger partial charge in [0.1, 0.15) is 5.60 Å². The Balaban J connectivity index is 2.30. The minimum atomic E-state index is -2.06. The van der Waals surface area contributed by atoms with Crippen molar-refractivity contribution in [3.8, 4) is 11.8 Å². The first-order valence-corrected chi connectivity index (χ1v) is 8.60. The van der Waals surface area contributed by atoms with Crippen LogP contribution in [0.3, 0.4) is 0 Å². The lowest BCUT2D eigenvalue weighted by Crippen LogP contribution is -2.44. The Hall–Kier alpha value is -3.14. The van der Waals surface area contributed by atoms with E-state index in [9.17, 15) is 19.8 Å². The van der Waals surface area contributed by atoms with Crippen LogP contribution in [0.2, 0.25) is 0 Å². The fraction of sp³-hybridized carbons (Fsp3) is 0.273. The normalized spacial score (nSPS) is 13.1. The first-order valence-electron chi connectivity index (χ1n) is 8.60. The second kappa shape index (κ2) is 8.70. The molecule has 0 radical (unpaired) electrons. The third-order valence-electron chi connectivity index (χ3n) is 3.53. The molecule has 146 valence electrons. The molecule has 1 unspecified atom stereocenters. The van der Waals surface area contributed by atoms with E-state index < -0.39 is 29.4 Å². The number of aliphatic hydroxyl groups is 2. The van der Waals surface area contributed by atoms with Gasteiger partial charge in [-0.1, -0.05) is 48.2 Å². The summed E-state index contributed by atoms with van der Waals surface area (Å²) < 4.78 is 10.5. The summed E-state index contributed by atoms with van der Waals surface area (Å²) in [6, 6.07) is 16.1. The van der Waals surface area contributed by atoms with Gasteiger partial charge in [0, 0.05) is 0 Å². The van der Waals surface area contributed by atoms with Crippen LogP contribution in [0.1, 0.15) is 41.5 Å². The van der Waals surface area contributed by atoms with Crippen LogP contribution in [-0.2, 0) is 9.47 Å². The van der Waals surface area contributed by atoms with E-state index in [2.05, 4.69) is 11.8 Å². The van der Waals surface area contributed by atoms with Crippen molar-refractivity contribution in [2.75, 3.05) is 0 Å². The monoisotopic (exact) mass is 382 g/mol. The molecule has 0 saturated carbocycles. The van der Waals surface area contributed by atoms with E-state index >= 15 is 0 Å². The van der Waals surface area contributed by atoms with Crippen LogP contribution in [0.15, 0.2) is 60.7 Å². The molecular formula is C22H22O6. The molecule has 0 saturated heterocycles. The molecule has 1 atom stereocenters. The van der Waals surface area contributed by atoms with Gasteiger partial charge < -0.3 is 19.7 Å². The van der Waals surface area contributed by atoms with E-state index in [1.54, 1.807) is 36.4 Å². The standard InChI is InChI=1S/C22H22O6/c1-21(2,25)14-15-22(3,26)20(27-18(23)16-10-6-4-7-11-16)28-19(24)17-12-8-5-9-13-17/h4-13,20,25-26H,1-3H3. The van der Waals surface area contributed by atoms with E-state index in [0.29, 0.717) is 0 Å². The second-order valence-corrected chi connectivity index (χ2v) is 6.83. The highest BCUT2D eigenvalue weighted by Crippen LogP contribution is 2.19. The lowest BCUT2D eigenvalue weighted by atomic mass is 10.0. The molecule has 2 rings (SSSR count). The van der Waals surface area contributed by atoms with Gasteiger partial charge in [-0.2, -0.15) is 0 Å². The Labute approximate surface area is 163 Å². The SMILES string of the molecule is CC(C)(O)C#CC(C)(O)C(OC(=O)c1ccccc1)OC(=O)c1ccccc1. The van der Waals surface area contributed by atoms with Gasteiger partial charge in [0.25, 0.3) is 6.29 Å². The van der Waals surface area contributed by atoms with E-state index in [1.807, 2.05) is 0 Å². The molecule has 0 aliphatic carbocycles. The van der Waals surface area contributed by atoms with Gasteiger partial charge >= 0.3 is 11.9 Å². The lowest BCUT2D eigenvalue weighted by Gasteiger charge is -2.28. The number of ether oxygens (including phenoxy) is 2. The Bertz CT molecular complexity index is 816. The Morgan fingerprint density at radius 2 is 1.18 bits per heavy atom. The molecule has 0 amide bonds. The minimum Gasteiger partial charge on any atom is -0.417 e. The summed E-state index contributed by atoms with van der Waals surface area (Å²) in [5.74, 6) is 3.27. The van der Waals surface area contributed by atoms with Crippen molar-refractivity contribution < 1.29 is 29.3 Å². The summed E-state index contributed by atoms with van der Waals surface area (Å²) in [6.07, 6.45) is -1.72. The number of carbonyl (C=O) groups is 2. The van der Waals surface area contributed by atoms with Crippen LogP contribution in [0.5, 0.6) is 0 Å². The maximum absolute atomic E-state index is 12.4. The first kappa shape index (κ1) is 21.2. The van der Waals surface area contributed by atoms with Crippen molar-refractivity contribution in [1.29, 1.82) is 0 Å². The molecule has 2 aromatic rings. The van der Waals surface area contributed by atoms with E-state index in [0.717, 1.165) is 0 Å². The summed E-state index contributed by atoms with van der Waals surface area (Å²) in [4.78, 5) is 24.8. The van der Waals surface area contributed by atoms with Crippen molar-refractivity contribution in [2.45, 2.75) is 38.3 Å². The third-order valence-corrected chi connectivity index (χ3v) is 3.53. The van der Waals surface area contributed by atoms with Crippen LogP contribution in [-0.4, -0.2) is 39.6 Å². The van der Waals surface area contributed by atoms with Crippen molar-refractivity contribution in [2.24, 2.45) is 0 Å². The maximum Gasteiger partial charge on any atom is 0.341 e. The molecule has 0 heterocycles. The van der Waals surface area contributed by atoms with Crippen LogP contribution in [0.25, 0.3) is 0 Å². The van der Waals surface area contributed by atoms with E-state index in [1.165, 1.54) is 45.0 Å². The molecule has 0 aliphatic rings. The zero-order valence-electron chi connectivity index (χ0n) is 15.9. The van der Waals surface area contributed by atoms with Crippen molar-refractivity contribution in [3.05, 3.63) is 71.8 Å². The average molecular weight is 382 g/mol. The predicted octanol–water partition coefficient (Wildman–Crippen LogP) is 2.55. The van der Waals surface area contributed by atoms with Crippen LogP contribution >= 0.6 is 0 Å². The smallest absolute Gasteiger partial charge is 0.341 e. The van der Waals surface area contributed by atoms with E-state index in [-0.39, 0.29) is 11.1 Å². The summed E-state index contributed by atoms with van der Waals surface area (Å²) in [5, 5.41) is 20.5. The van der Waals surface area contributed by atoms with Crippen LogP contribution in [0.4, 0.5) is 0 Å². The number of hydrogen-bond acceptors (Lipinski definition) is 6. The largest absolute Gasteiger partial charge is 0.417 e.